The van der Waals surface area contributed by atoms with Crippen LogP contribution in [-0.4, -0.2) is 50.6 Å². The number of likely N-dealkylation sites (N-methyl/N-ethyl adjacent to an activating group) is 1. The molecular weight excluding hydrogens is 256 g/mol. The highest BCUT2D eigenvalue weighted by Crippen LogP contribution is 2.11. The van der Waals surface area contributed by atoms with E-state index in [2.05, 4.69) is 16.0 Å². The maximum absolute atomic E-state index is 12.0. The summed E-state index contributed by atoms with van der Waals surface area (Å²) in [4.78, 5) is 25.0. The van der Waals surface area contributed by atoms with Crippen molar-refractivity contribution in [3.8, 4) is 0 Å². The lowest BCUT2D eigenvalue weighted by Gasteiger charge is -2.13. The van der Waals surface area contributed by atoms with Crippen LogP contribution in [0.3, 0.4) is 0 Å². The highest BCUT2D eigenvalue weighted by molar-refractivity contribution is 5.96. The van der Waals surface area contributed by atoms with Crippen molar-refractivity contribution >= 4 is 17.6 Å². The Balaban J connectivity index is 2.67. The highest BCUT2D eigenvalue weighted by atomic mass is 16.2. The van der Waals surface area contributed by atoms with Crippen molar-refractivity contribution in [2.24, 2.45) is 0 Å². The Morgan fingerprint density at radius 2 is 2.00 bits per heavy atom. The normalized spacial score (nSPS) is 11.6. The van der Waals surface area contributed by atoms with Gasteiger partial charge < -0.3 is 20.9 Å². The number of amides is 3. The van der Waals surface area contributed by atoms with Crippen molar-refractivity contribution in [2.45, 2.75) is 13.0 Å². The summed E-state index contributed by atoms with van der Waals surface area (Å²) < 4.78 is 0. The van der Waals surface area contributed by atoms with E-state index in [0.717, 1.165) is 0 Å². The predicted octanol–water partition coefficient (Wildman–Crippen LogP) is 1.12. The summed E-state index contributed by atoms with van der Waals surface area (Å²) in [6.45, 7) is 2.53. The average molecular weight is 278 g/mol. The molecule has 0 radical (unpaired) electrons. The van der Waals surface area contributed by atoms with Gasteiger partial charge >= 0.3 is 6.03 Å². The van der Waals surface area contributed by atoms with Gasteiger partial charge in [-0.25, -0.2) is 4.79 Å². The second-order valence-corrected chi connectivity index (χ2v) is 4.81. The second-order valence-electron chi connectivity index (χ2n) is 4.81. The van der Waals surface area contributed by atoms with Crippen LogP contribution in [0.4, 0.5) is 10.5 Å². The fraction of sp³-hybridized carbons (Fsp3) is 0.429. The summed E-state index contributed by atoms with van der Waals surface area (Å²) in [7, 11) is 5.16. The first kappa shape index (κ1) is 16.0. The molecule has 0 fully saturated rings. The first-order valence-corrected chi connectivity index (χ1v) is 6.48. The van der Waals surface area contributed by atoms with Crippen molar-refractivity contribution < 1.29 is 9.59 Å². The van der Waals surface area contributed by atoms with Crippen LogP contribution in [0.15, 0.2) is 24.3 Å². The summed E-state index contributed by atoms with van der Waals surface area (Å²) in [6.07, 6.45) is 0. The van der Waals surface area contributed by atoms with E-state index in [-0.39, 0.29) is 18.0 Å². The van der Waals surface area contributed by atoms with E-state index < -0.39 is 0 Å². The van der Waals surface area contributed by atoms with Crippen LogP contribution < -0.4 is 16.0 Å². The molecule has 0 aromatic heterocycles. The van der Waals surface area contributed by atoms with Gasteiger partial charge in [0.05, 0.1) is 0 Å². The Morgan fingerprint density at radius 1 is 1.30 bits per heavy atom. The molecule has 0 saturated heterocycles. The number of anilines is 1. The molecule has 0 aliphatic rings. The summed E-state index contributed by atoms with van der Waals surface area (Å²) in [5.41, 5.74) is 1.11. The minimum absolute atomic E-state index is 0.159. The van der Waals surface area contributed by atoms with E-state index in [4.69, 9.17) is 0 Å². The Kier molecular flexibility index (Phi) is 5.99. The van der Waals surface area contributed by atoms with Gasteiger partial charge in [0.1, 0.15) is 0 Å². The van der Waals surface area contributed by atoms with E-state index in [9.17, 15) is 9.59 Å². The van der Waals surface area contributed by atoms with E-state index >= 15 is 0 Å². The molecule has 110 valence electrons. The lowest BCUT2D eigenvalue weighted by Crippen LogP contribution is -2.37. The maximum Gasteiger partial charge on any atom is 0.321 e. The van der Waals surface area contributed by atoms with Crippen molar-refractivity contribution in [3.05, 3.63) is 29.8 Å². The third-order valence-corrected chi connectivity index (χ3v) is 2.84. The molecular formula is C14H22N4O2. The third-order valence-electron chi connectivity index (χ3n) is 2.84. The molecule has 0 saturated carbocycles. The van der Waals surface area contributed by atoms with E-state index in [1.807, 2.05) is 14.0 Å². The first-order chi connectivity index (χ1) is 9.43. The van der Waals surface area contributed by atoms with Gasteiger partial charge in [0.25, 0.3) is 5.91 Å². The molecule has 20 heavy (non-hydrogen) atoms. The lowest BCUT2D eigenvalue weighted by molar-refractivity contribution is 0.0950. The summed E-state index contributed by atoms with van der Waals surface area (Å²) in [6, 6.07) is 6.82. The molecule has 1 unspecified atom stereocenters. The van der Waals surface area contributed by atoms with Gasteiger partial charge in [0, 0.05) is 37.9 Å². The molecule has 6 nitrogen and oxygen atoms in total. The Hall–Kier alpha value is -2.08. The van der Waals surface area contributed by atoms with Gasteiger partial charge in [0.15, 0.2) is 0 Å². The van der Waals surface area contributed by atoms with Gasteiger partial charge in [0.2, 0.25) is 0 Å². The fourth-order valence-electron chi connectivity index (χ4n) is 1.42. The van der Waals surface area contributed by atoms with E-state index in [1.54, 1.807) is 38.4 Å². The zero-order valence-electron chi connectivity index (χ0n) is 12.4. The summed E-state index contributed by atoms with van der Waals surface area (Å²) in [5, 5.41) is 8.58. The fourth-order valence-corrected chi connectivity index (χ4v) is 1.42. The lowest BCUT2D eigenvalue weighted by atomic mass is 10.2. The van der Waals surface area contributed by atoms with Gasteiger partial charge in [-0.3, -0.25) is 4.79 Å². The summed E-state index contributed by atoms with van der Waals surface area (Å²) in [5.74, 6) is -0.159. The number of hydrogen-bond acceptors (Lipinski definition) is 3. The standard InChI is InChI=1S/C14H22N4O2/c1-10(15-2)9-16-13(19)11-6-5-7-12(8-11)17-14(20)18(3)4/h5-8,10,15H,9H2,1-4H3,(H,16,19)(H,17,20). The topological polar surface area (TPSA) is 73.5 Å². The zero-order valence-corrected chi connectivity index (χ0v) is 12.4. The van der Waals surface area contributed by atoms with Gasteiger partial charge in [-0.05, 0) is 32.2 Å². The number of benzene rings is 1. The van der Waals surface area contributed by atoms with Crippen molar-refractivity contribution in [3.63, 3.8) is 0 Å². The number of carbonyl (C=O) groups excluding carboxylic acids is 2. The Bertz CT molecular complexity index is 474. The monoisotopic (exact) mass is 278 g/mol. The van der Waals surface area contributed by atoms with Gasteiger partial charge in [-0.15, -0.1) is 0 Å². The third kappa shape index (κ3) is 4.89. The minimum atomic E-state index is -0.230. The number of hydrogen-bond donors (Lipinski definition) is 3. The van der Waals surface area contributed by atoms with Crippen LogP contribution in [0, 0.1) is 0 Å². The molecule has 3 N–H and O–H groups in total. The van der Waals surface area contributed by atoms with Crippen LogP contribution in [0.1, 0.15) is 17.3 Å². The molecule has 6 heteroatoms. The Morgan fingerprint density at radius 3 is 2.60 bits per heavy atom. The van der Waals surface area contributed by atoms with Crippen molar-refractivity contribution in [1.29, 1.82) is 0 Å². The van der Waals surface area contributed by atoms with Crippen LogP contribution in [-0.2, 0) is 0 Å². The zero-order chi connectivity index (χ0) is 15.1. The number of rotatable bonds is 5. The number of nitrogens with zero attached hydrogens (tertiary/aromatic N) is 1. The predicted molar refractivity (Wildman–Crippen MR) is 80.0 cm³/mol. The van der Waals surface area contributed by atoms with E-state index in [0.29, 0.717) is 17.8 Å². The molecule has 0 spiro atoms. The molecule has 0 bridgehead atoms. The Labute approximate surface area is 119 Å². The number of nitrogens with one attached hydrogen (secondary N) is 3. The number of urea groups is 1. The van der Waals surface area contributed by atoms with Crippen LogP contribution in [0.2, 0.25) is 0 Å². The van der Waals surface area contributed by atoms with Gasteiger partial charge in [-0.1, -0.05) is 6.07 Å². The largest absolute Gasteiger partial charge is 0.350 e. The smallest absolute Gasteiger partial charge is 0.321 e. The van der Waals surface area contributed by atoms with Crippen molar-refractivity contribution in [2.75, 3.05) is 33.0 Å². The van der Waals surface area contributed by atoms with Crippen LogP contribution in [0.25, 0.3) is 0 Å². The maximum atomic E-state index is 12.0. The molecule has 0 aliphatic heterocycles. The number of carbonyl (C=O) groups is 2. The second kappa shape index (κ2) is 7.49. The molecule has 0 aliphatic carbocycles. The van der Waals surface area contributed by atoms with Crippen LogP contribution >= 0.6 is 0 Å². The molecule has 1 rings (SSSR count). The first-order valence-electron chi connectivity index (χ1n) is 6.48. The highest BCUT2D eigenvalue weighted by Gasteiger charge is 2.09. The molecule has 1 aromatic carbocycles. The molecule has 0 heterocycles. The molecule has 3 amide bonds. The van der Waals surface area contributed by atoms with E-state index in [1.165, 1.54) is 4.90 Å². The van der Waals surface area contributed by atoms with Gasteiger partial charge in [-0.2, -0.15) is 0 Å². The van der Waals surface area contributed by atoms with Crippen LogP contribution in [0.5, 0.6) is 0 Å². The summed E-state index contributed by atoms with van der Waals surface area (Å²) >= 11 is 0. The average Bonchev–Trinajstić information content (AvgIpc) is 2.44. The minimum Gasteiger partial charge on any atom is -0.350 e. The molecule has 1 aromatic rings. The molecule has 1 atom stereocenters. The SMILES string of the molecule is CNC(C)CNC(=O)c1cccc(NC(=O)N(C)C)c1. The van der Waals surface area contributed by atoms with Crippen molar-refractivity contribution in [1.82, 2.24) is 15.5 Å². The quantitative estimate of drug-likeness (QED) is 0.755.